The first kappa shape index (κ1) is 20.0. The van der Waals surface area contributed by atoms with Gasteiger partial charge in [-0.25, -0.2) is 13.1 Å². The van der Waals surface area contributed by atoms with Crippen LogP contribution in [-0.4, -0.2) is 58.3 Å². The number of sulfonamides is 1. The molecule has 1 aliphatic heterocycles. The second-order valence-corrected chi connectivity index (χ2v) is 8.08. The minimum atomic E-state index is -3.10. The van der Waals surface area contributed by atoms with Crippen LogP contribution in [0.2, 0.25) is 0 Å². The Labute approximate surface area is 151 Å². The molecule has 2 N–H and O–H groups in total. The lowest BCUT2D eigenvalue weighted by molar-refractivity contribution is 0.299. The number of halogens is 1. The summed E-state index contributed by atoms with van der Waals surface area (Å²) in [6.07, 6.45) is 5.41. The number of likely N-dealkylation sites (tertiary alicyclic amines) is 1. The van der Waals surface area contributed by atoms with Gasteiger partial charge >= 0.3 is 0 Å². The van der Waals surface area contributed by atoms with Crippen molar-refractivity contribution in [2.24, 2.45) is 16.8 Å². The summed E-state index contributed by atoms with van der Waals surface area (Å²) in [4.78, 5) is 6.66. The van der Waals surface area contributed by atoms with Gasteiger partial charge in [0.15, 0.2) is 5.96 Å². The quantitative estimate of drug-likeness (QED) is 0.290. The summed E-state index contributed by atoms with van der Waals surface area (Å²) in [5.41, 5.74) is 0. The van der Waals surface area contributed by atoms with E-state index in [4.69, 9.17) is 0 Å². The van der Waals surface area contributed by atoms with E-state index in [0.717, 1.165) is 30.9 Å². The number of aliphatic imine (C=N–C) groups is 1. The highest BCUT2D eigenvalue weighted by molar-refractivity contribution is 14.0. The molecule has 1 aliphatic carbocycles. The molecule has 1 heterocycles. The van der Waals surface area contributed by atoms with Crippen molar-refractivity contribution in [3.63, 3.8) is 0 Å². The third kappa shape index (κ3) is 5.52. The fourth-order valence-electron chi connectivity index (χ4n) is 3.39. The Morgan fingerprint density at radius 3 is 2.27 bits per heavy atom. The molecule has 2 aliphatic rings. The number of rotatable bonds is 5. The molecule has 0 spiro atoms. The molecule has 2 unspecified atom stereocenters. The fraction of sp³-hybridized carbons (Fsp3) is 0.929. The lowest BCUT2D eigenvalue weighted by atomic mass is 9.82. The first-order chi connectivity index (χ1) is 10.1. The molecule has 0 bridgehead atoms. The molecule has 0 aromatic heterocycles. The summed E-state index contributed by atoms with van der Waals surface area (Å²) < 4.78 is 25.3. The van der Waals surface area contributed by atoms with E-state index in [2.05, 4.69) is 19.9 Å². The van der Waals surface area contributed by atoms with Crippen molar-refractivity contribution >= 4 is 40.0 Å². The predicted octanol–water partition coefficient (Wildman–Crippen LogP) is 1.24. The highest BCUT2D eigenvalue weighted by Crippen LogP contribution is 2.35. The standard InChI is InChI=1S/C14H28N4O2S.HI/c1-3-21(19,20)17-9-8-16-14(15-2)18-10-12-6-4-5-7-13(12)11-18;/h12-13,17H,3-11H2,1-2H3,(H,15,16);1H. The predicted molar refractivity (Wildman–Crippen MR) is 101 cm³/mol. The van der Waals surface area contributed by atoms with E-state index in [1.54, 1.807) is 14.0 Å². The number of hydrogen-bond donors (Lipinski definition) is 2. The average molecular weight is 444 g/mol. The molecule has 2 fully saturated rings. The van der Waals surface area contributed by atoms with Crippen LogP contribution in [0.15, 0.2) is 4.99 Å². The highest BCUT2D eigenvalue weighted by atomic mass is 127. The van der Waals surface area contributed by atoms with E-state index in [0.29, 0.717) is 13.1 Å². The molecule has 2 atom stereocenters. The monoisotopic (exact) mass is 444 g/mol. The summed E-state index contributed by atoms with van der Waals surface area (Å²) >= 11 is 0. The summed E-state index contributed by atoms with van der Waals surface area (Å²) in [6.45, 7) is 4.78. The van der Waals surface area contributed by atoms with E-state index < -0.39 is 10.0 Å². The Hall–Kier alpha value is -0.0900. The van der Waals surface area contributed by atoms with Gasteiger partial charge in [-0.05, 0) is 31.6 Å². The van der Waals surface area contributed by atoms with Gasteiger partial charge in [0.05, 0.1) is 5.75 Å². The van der Waals surface area contributed by atoms with Gasteiger partial charge in [0.2, 0.25) is 10.0 Å². The van der Waals surface area contributed by atoms with E-state index in [1.807, 2.05) is 0 Å². The second-order valence-electron chi connectivity index (χ2n) is 5.98. The maximum atomic E-state index is 11.4. The van der Waals surface area contributed by atoms with Gasteiger partial charge in [-0.1, -0.05) is 12.8 Å². The van der Waals surface area contributed by atoms with E-state index in [1.165, 1.54) is 25.7 Å². The molecule has 22 heavy (non-hydrogen) atoms. The molecular weight excluding hydrogens is 415 g/mol. The summed E-state index contributed by atoms with van der Waals surface area (Å²) in [7, 11) is -1.31. The molecule has 8 heteroatoms. The Morgan fingerprint density at radius 1 is 1.18 bits per heavy atom. The van der Waals surface area contributed by atoms with Crippen LogP contribution in [0.4, 0.5) is 0 Å². The van der Waals surface area contributed by atoms with Gasteiger partial charge in [0, 0.05) is 33.2 Å². The van der Waals surface area contributed by atoms with Crippen molar-refractivity contribution < 1.29 is 8.42 Å². The molecule has 1 saturated heterocycles. The highest BCUT2D eigenvalue weighted by Gasteiger charge is 2.35. The maximum Gasteiger partial charge on any atom is 0.211 e. The number of guanidine groups is 1. The van der Waals surface area contributed by atoms with Crippen LogP contribution >= 0.6 is 24.0 Å². The normalized spacial score (nSPS) is 25.5. The van der Waals surface area contributed by atoms with Crippen LogP contribution in [0.3, 0.4) is 0 Å². The van der Waals surface area contributed by atoms with Crippen molar-refractivity contribution in [1.82, 2.24) is 14.9 Å². The lowest BCUT2D eigenvalue weighted by Gasteiger charge is -2.22. The van der Waals surface area contributed by atoms with Gasteiger partial charge in [0.1, 0.15) is 0 Å². The number of nitrogens with zero attached hydrogens (tertiary/aromatic N) is 2. The Balaban J connectivity index is 0.00000242. The van der Waals surface area contributed by atoms with Crippen molar-refractivity contribution in [2.45, 2.75) is 32.6 Å². The Kier molecular flexibility index (Phi) is 8.40. The van der Waals surface area contributed by atoms with Crippen molar-refractivity contribution in [3.05, 3.63) is 0 Å². The maximum absolute atomic E-state index is 11.4. The molecule has 0 aromatic carbocycles. The number of fused-ring (bicyclic) bond motifs is 1. The molecular formula is C14H29IN4O2S. The SMILES string of the molecule is CCS(=O)(=O)NCCNC(=NC)N1CC2CCCCC2C1.I. The lowest BCUT2D eigenvalue weighted by Crippen LogP contribution is -2.43. The van der Waals surface area contributed by atoms with E-state index in [9.17, 15) is 8.42 Å². The zero-order chi connectivity index (χ0) is 15.3. The summed E-state index contributed by atoms with van der Waals surface area (Å²) in [5.74, 6) is 2.66. The van der Waals surface area contributed by atoms with Crippen molar-refractivity contribution in [2.75, 3.05) is 39.0 Å². The fourth-order valence-corrected chi connectivity index (χ4v) is 4.01. The molecule has 130 valence electrons. The third-order valence-electron chi connectivity index (χ3n) is 4.60. The smallest absolute Gasteiger partial charge is 0.211 e. The van der Waals surface area contributed by atoms with Crippen molar-refractivity contribution in [1.29, 1.82) is 0 Å². The third-order valence-corrected chi connectivity index (χ3v) is 6.00. The summed E-state index contributed by atoms with van der Waals surface area (Å²) in [6, 6.07) is 0. The minimum Gasteiger partial charge on any atom is -0.355 e. The topological polar surface area (TPSA) is 73.8 Å². The van der Waals surface area contributed by atoms with Gasteiger partial charge in [0.25, 0.3) is 0 Å². The number of nitrogens with one attached hydrogen (secondary N) is 2. The van der Waals surface area contributed by atoms with Crippen LogP contribution in [-0.2, 0) is 10.0 Å². The Morgan fingerprint density at radius 2 is 1.77 bits per heavy atom. The molecule has 1 saturated carbocycles. The van der Waals surface area contributed by atoms with Crippen LogP contribution < -0.4 is 10.0 Å². The van der Waals surface area contributed by atoms with Crippen LogP contribution in [0.1, 0.15) is 32.6 Å². The zero-order valence-electron chi connectivity index (χ0n) is 13.5. The average Bonchev–Trinajstić information content (AvgIpc) is 2.91. The van der Waals surface area contributed by atoms with Gasteiger partial charge in [-0.2, -0.15) is 0 Å². The minimum absolute atomic E-state index is 0. The zero-order valence-corrected chi connectivity index (χ0v) is 16.7. The van der Waals surface area contributed by atoms with Gasteiger partial charge < -0.3 is 10.2 Å². The number of hydrogen-bond acceptors (Lipinski definition) is 3. The van der Waals surface area contributed by atoms with Gasteiger partial charge in [-0.3, -0.25) is 4.99 Å². The molecule has 0 radical (unpaired) electrons. The molecule has 0 amide bonds. The Bertz CT molecular complexity index is 455. The second kappa shape index (κ2) is 9.27. The van der Waals surface area contributed by atoms with Crippen LogP contribution in [0.25, 0.3) is 0 Å². The van der Waals surface area contributed by atoms with E-state index >= 15 is 0 Å². The van der Waals surface area contributed by atoms with Crippen molar-refractivity contribution in [3.8, 4) is 0 Å². The molecule has 2 rings (SSSR count). The summed E-state index contributed by atoms with van der Waals surface area (Å²) in [5, 5.41) is 3.27. The van der Waals surface area contributed by atoms with E-state index in [-0.39, 0.29) is 29.7 Å². The first-order valence-corrected chi connectivity index (χ1v) is 9.64. The van der Waals surface area contributed by atoms with Crippen LogP contribution in [0, 0.1) is 11.8 Å². The van der Waals surface area contributed by atoms with Gasteiger partial charge in [-0.15, -0.1) is 24.0 Å². The first-order valence-electron chi connectivity index (χ1n) is 7.98. The molecule has 6 nitrogen and oxygen atoms in total. The van der Waals surface area contributed by atoms with Crippen LogP contribution in [0.5, 0.6) is 0 Å². The largest absolute Gasteiger partial charge is 0.355 e. The molecule has 0 aromatic rings.